The highest BCUT2D eigenvalue weighted by atomic mass is 15.1. The minimum atomic E-state index is 0.832. The van der Waals surface area contributed by atoms with E-state index in [2.05, 4.69) is 51.7 Å². The molecule has 0 aliphatic carbocycles. The molecule has 0 saturated heterocycles. The zero-order chi connectivity index (χ0) is 15.2. The molecule has 0 saturated carbocycles. The normalized spacial score (nSPS) is 15.1. The van der Waals surface area contributed by atoms with E-state index >= 15 is 0 Å². The molecule has 0 amide bonds. The molecule has 120 valence electrons. The Hall–Kier alpha value is -0.300. The van der Waals surface area contributed by atoms with Crippen LogP contribution in [0.5, 0.6) is 0 Å². The lowest BCUT2D eigenvalue weighted by Gasteiger charge is -2.27. The molecule has 0 aromatic heterocycles. The third-order valence-corrected chi connectivity index (χ3v) is 4.07. The molecule has 2 atom stereocenters. The van der Waals surface area contributed by atoms with Crippen molar-refractivity contribution in [1.29, 1.82) is 0 Å². The zero-order valence-electron chi connectivity index (χ0n) is 14.8. The molecular formula is C19H39N. The summed E-state index contributed by atoms with van der Waals surface area (Å²) in [6.45, 7) is 15.5. The Bertz CT molecular complexity index is 216. The minimum absolute atomic E-state index is 0.832. The van der Waals surface area contributed by atoms with Gasteiger partial charge in [0, 0.05) is 6.54 Å². The summed E-state index contributed by atoms with van der Waals surface area (Å²) in [5, 5.41) is 0. The maximum absolute atomic E-state index is 2.67. The van der Waals surface area contributed by atoms with E-state index in [1.165, 1.54) is 64.6 Å². The van der Waals surface area contributed by atoms with Crippen molar-refractivity contribution in [1.82, 2.24) is 4.90 Å². The Balaban J connectivity index is 4.10. The molecule has 1 nitrogen and oxygen atoms in total. The second-order valence-electron chi connectivity index (χ2n) is 6.41. The molecule has 0 bridgehead atoms. The number of rotatable bonds is 13. The second-order valence-corrected chi connectivity index (χ2v) is 6.41. The van der Waals surface area contributed by atoms with Gasteiger partial charge in [-0.15, -0.1) is 0 Å². The van der Waals surface area contributed by atoms with Gasteiger partial charge < -0.3 is 4.90 Å². The molecule has 1 heteroatoms. The molecule has 0 spiro atoms. The van der Waals surface area contributed by atoms with Crippen LogP contribution < -0.4 is 0 Å². The summed E-state index contributed by atoms with van der Waals surface area (Å²) in [7, 11) is 0. The number of nitrogens with zero attached hydrogens (tertiary/aromatic N) is 1. The van der Waals surface area contributed by atoms with E-state index in [-0.39, 0.29) is 0 Å². The molecule has 0 heterocycles. The van der Waals surface area contributed by atoms with Crippen molar-refractivity contribution in [3.63, 3.8) is 0 Å². The average molecular weight is 282 g/mol. The van der Waals surface area contributed by atoms with Crippen molar-refractivity contribution in [2.45, 2.75) is 79.6 Å². The van der Waals surface area contributed by atoms with Gasteiger partial charge in [-0.1, -0.05) is 59.6 Å². The lowest BCUT2D eigenvalue weighted by Crippen LogP contribution is -2.31. The van der Waals surface area contributed by atoms with Gasteiger partial charge >= 0.3 is 0 Å². The van der Waals surface area contributed by atoms with E-state index < -0.39 is 0 Å². The monoisotopic (exact) mass is 281 g/mol. The van der Waals surface area contributed by atoms with Gasteiger partial charge in [-0.05, 0) is 57.0 Å². The molecule has 0 aromatic rings. The maximum Gasteiger partial charge on any atom is 0.000965 e. The van der Waals surface area contributed by atoms with E-state index in [0.717, 1.165) is 11.8 Å². The maximum atomic E-state index is 2.67. The van der Waals surface area contributed by atoms with Gasteiger partial charge in [-0.3, -0.25) is 0 Å². The number of allylic oxidation sites excluding steroid dienone is 2. The lowest BCUT2D eigenvalue weighted by atomic mass is 9.91. The summed E-state index contributed by atoms with van der Waals surface area (Å²) in [6, 6.07) is 0. The summed E-state index contributed by atoms with van der Waals surface area (Å²) < 4.78 is 0. The summed E-state index contributed by atoms with van der Waals surface area (Å²) >= 11 is 0. The summed E-state index contributed by atoms with van der Waals surface area (Å²) in [5.74, 6) is 1.71. The first-order chi connectivity index (χ1) is 9.67. The topological polar surface area (TPSA) is 3.24 Å². The molecule has 0 aromatic carbocycles. The van der Waals surface area contributed by atoms with E-state index in [0.29, 0.717) is 0 Å². The Morgan fingerprint density at radius 1 is 0.900 bits per heavy atom. The highest BCUT2D eigenvalue weighted by molar-refractivity contribution is 4.83. The summed E-state index contributed by atoms with van der Waals surface area (Å²) in [6.07, 6.45) is 13.8. The summed E-state index contributed by atoms with van der Waals surface area (Å²) in [4.78, 5) is 2.67. The van der Waals surface area contributed by atoms with Crippen LogP contribution in [0.4, 0.5) is 0 Å². The van der Waals surface area contributed by atoms with Crippen LogP contribution in [-0.2, 0) is 0 Å². The molecule has 20 heavy (non-hydrogen) atoms. The van der Waals surface area contributed by atoms with Crippen LogP contribution in [-0.4, -0.2) is 24.5 Å². The first-order valence-electron chi connectivity index (χ1n) is 9.05. The van der Waals surface area contributed by atoms with E-state index in [9.17, 15) is 0 Å². The minimum Gasteiger partial charge on any atom is -0.303 e. The SMILES string of the molecule is CCC/C=C\CC(C)CC(CC)CN(CCC)CCC. The smallest absolute Gasteiger partial charge is 0.000965 e. The van der Waals surface area contributed by atoms with Crippen LogP contribution in [0.25, 0.3) is 0 Å². The van der Waals surface area contributed by atoms with Gasteiger partial charge in [0.05, 0.1) is 0 Å². The fourth-order valence-electron chi connectivity index (χ4n) is 2.94. The van der Waals surface area contributed by atoms with E-state index in [1.54, 1.807) is 0 Å². The molecule has 0 N–H and O–H groups in total. The molecular weight excluding hydrogens is 242 g/mol. The van der Waals surface area contributed by atoms with Gasteiger partial charge in [-0.25, -0.2) is 0 Å². The molecule has 0 aliphatic heterocycles. The molecule has 0 radical (unpaired) electrons. The van der Waals surface area contributed by atoms with Gasteiger partial charge in [0.25, 0.3) is 0 Å². The fourth-order valence-corrected chi connectivity index (χ4v) is 2.94. The Morgan fingerprint density at radius 3 is 2.05 bits per heavy atom. The molecule has 0 aliphatic rings. The lowest BCUT2D eigenvalue weighted by molar-refractivity contribution is 0.209. The Kier molecular flexibility index (Phi) is 13.5. The van der Waals surface area contributed by atoms with E-state index in [1.807, 2.05) is 0 Å². The number of hydrogen-bond donors (Lipinski definition) is 0. The molecule has 0 fully saturated rings. The zero-order valence-corrected chi connectivity index (χ0v) is 14.8. The Morgan fingerprint density at radius 2 is 1.55 bits per heavy atom. The van der Waals surface area contributed by atoms with Crippen molar-refractivity contribution < 1.29 is 0 Å². The van der Waals surface area contributed by atoms with Gasteiger partial charge in [-0.2, -0.15) is 0 Å². The highest BCUT2D eigenvalue weighted by Gasteiger charge is 2.14. The van der Waals surface area contributed by atoms with Crippen molar-refractivity contribution in [3.8, 4) is 0 Å². The first kappa shape index (κ1) is 19.7. The quantitative estimate of drug-likeness (QED) is 0.379. The second kappa shape index (κ2) is 13.7. The van der Waals surface area contributed by atoms with Crippen LogP contribution in [0.2, 0.25) is 0 Å². The van der Waals surface area contributed by atoms with Gasteiger partial charge in [0.1, 0.15) is 0 Å². The van der Waals surface area contributed by atoms with Gasteiger partial charge in [0.15, 0.2) is 0 Å². The third kappa shape index (κ3) is 10.5. The van der Waals surface area contributed by atoms with E-state index in [4.69, 9.17) is 0 Å². The van der Waals surface area contributed by atoms with Crippen LogP contribution in [0.15, 0.2) is 12.2 Å². The van der Waals surface area contributed by atoms with Crippen molar-refractivity contribution in [3.05, 3.63) is 12.2 Å². The van der Waals surface area contributed by atoms with Gasteiger partial charge in [0.2, 0.25) is 0 Å². The van der Waals surface area contributed by atoms with Crippen molar-refractivity contribution in [2.24, 2.45) is 11.8 Å². The molecule has 0 rings (SSSR count). The Labute approximate surface area is 128 Å². The van der Waals surface area contributed by atoms with Crippen molar-refractivity contribution in [2.75, 3.05) is 19.6 Å². The van der Waals surface area contributed by atoms with Crippen molar-refractivity contribution >= 4 is 0 Å². The number of unbranched alkanes of at least 4 members (excludes halogenated alkanes) is 1. The van der Waals surface area contributed by atoms with Crippen LogP contribution in [0.3, 0.4) is 0 Å². The first-order valence-corrected chi connectivity index (χ1v) is 9.05. The van der Waals surface area contributed by atoms with Crippen LogP contribution >= 0.6 is 0 Å². The average Bonchev–Trinajstić information content (AvgIpc) is 2.43. The summed E-state index contributed by atoms with van der Waals surface area (Å²) in [5.41, 5.74) is 0. The predicted molar refractivity (Wildman–Crippen MR) is 93.2 cm³/mol. The largest absolute Gasteiger partial charge is 0.303 e. The van der Waals surface area contributed by atoms with Crippen LogP contribution in [0.1, 0.15) is 79.6 Å². The third-order valence-electron chi connectivity index (χ3n) is 4.07. The predicted octanol–water partition coefficient (Wildman–Crippen LogP) is 5.91. The standard InChI is InChI=1S/C19H39N/c1-6-10-11-12-13-18(5)16-19(9-4)17-20(14-7-2)15-8-3/h11-12,18-19H,6-10,13-17H2,1-5H3/b12-11-. The highest BCUT2D eigenvalue weighted by Crippen LogP contribution is 2.20. The van der Waals surface area contributed by atoms with Crippen LogP contribution in [0, 0.1) is 11.8 Å². The molecule has 2 unspecified atom stereocenters. The number of hydrogen-bond acceptors (Lipinski definition) is 1. The fraction of sp³-hybridized carbons (Fsp3) is 0.895.